The van der Waals surface area contributed by atoms with Crippen molar-refractivity contribution in [3.8, 4) is 0 Å². The predicted molar refractivity (Wildman–Crippen MR) is 410 cm³/mol. The van der Waals surface area contributed by atoms with E-state index in [2.05, 4.69) is 37.2 Å². The van der Waals surface area contributed by atoms with Gasteiger partial charge in [-0.15, -0.1) is 0 Å². The standard InChI is InChI=1S/C75H122N8O40/c1-44(84)80-63-69(118-53(10)93)66(115-50(7)90)56(38-112-47(4)87)121-72(63)109-34-31-103-28-25-100-22-16-77-59(96)13-19-106-41-75(83-62(99)37-76,42-107-20-14-60(97)78-17-23-101-26-29-104-32-35-110-73-64(81-45(2)85)70(119-54(11)94)67(116-51(8)91)57(122-73)39-113-48(5)88)43-108-21-15-61(98)79-18-24-102-27-30-105-33-36-111-74-65(82-46(3)86)71(120-55(12)95)68(117-52(9)92)58(123-74)40-114-49(6)89/h56-58,63-74H,13-43,76H2,1-12H3,(H,77,96)(H,78,97)(H,79,98)(H,80,84)(H,81,85)(H,82,86)(H,83,99)/t56?,57?,58?,63?,64?,65?,66-,67-,68-,69?,70?,71?,72+,73+,74+,75?/m0/s1. The minimum absolute atomic E-state index is 0.0208. The molecule has 48 nitrogen and oxygen atoms in total. The topological polar surface area (TPSA) is 605 Å². The van der Waals surface area contributed by atoms with Crippen LogP contribution in [0.2, 0.25) is 0 Å². The molecule has 3 saturated heterocycles. The molecule has 3 rings (SSSR count). The Morgan fingerprint density at radius 3 is 0.748 bits per heavy atom. The van der Waals surface area contributed by atoms with E-state index < -0.39 is 219 Å². The van der Waals surface area contributed by atoms with Crippen molar-refractivity contribution in [2.24, 2.45) is 5.73 Å². The van der Waals surface area contributed by atoms with Gasteiger partial charge in [-0.05, 0) is 0 Å². The van der Waals surface area contributed by atoms with E-state index in [-0.39, 0.29) is 178 Å². The lowest BCUT2D eigenvalue weighted by molar-refractivity contribution is -0.279. The van der Waals surface area contributed by atoms with Crippen LogP contribution in [0.1, 0.15) is 102 Å². The molecular weight excluding hydrogens is 1650 g/mol. The van der Waals surface area contributed by atoms with E-state index in [9.17, 15) is 76.7 Å². The molecule has 0 aliphatic carbocycles. The summed E-state index contributed by atoms with van der Waals surface area (Å²) in [7, 11) is 0. The molecule has 3 aliphatic rings. The summed E-state index contributed by atoms with van der Waals surface area (Å²) in [6.45, 7) is 11.0. The molecule has 0 bridgehead atoms. The van der Waals surface area contributed by atoms with E-state index in [1.807, 2.05) is 0 Å². The Hall–Kier alpha value is -9.12. The molecule has 0 aromatic rings. The van der Waals surface area contributed by atoms with Crippen molar-refractivity contribution in [1.82, 2.24) is 37.2 Å². The van der Waals surface area contributed by atoms with Crippen molar-refractivity contribution in [2.75, 3.05) is 185 Å². The van der Waals surface area contributed by atoms with Gasteiger partial charge in [-0.3, -0.25) is 76.7 Å². The second-order valence-electron chi connectivity index (χ2n) is 27.4. The number of ether oxygens (including phenoxy) is 24. The van der Waals surface area contributed by atoms with Gasteiger partial charge in [-0.25, -0.2) is 0 Å². The lowest BCUT2D eigenvalue weighted by Crippen LogP contribution is -2.66. The normalized spacial score (nSPS) is 22.7. The lowest BCUT2D eigenvalue weighted by Gasteiger charge is -2.44. The summed E-state index contributed by atoms with van der Waals surface area (Å²) in [4.78, 5) is 197. The predicted octanol–water partition coefficient (Wildman–Crippen LogP) is -5.51. The van der Waals surface area contributed by atoms with E-state index in [4.69, 9.17) is 119 Å². The van der Waals surface area contributed by atoms with E-state index in [1.165, 1.54) is 20.8 Å². The fourth-order valence-electron chi connectivity index (χ4n) is 11.9. The Bertz CT molecular complexity index is 2990. The van der Waals surface area contributed by atoms with Crippen molar-refractivity contribution >= 4 is 95.1 Å². The number of rotatable bonds is 62. The molecule has 0 spiro atoms. The molecule has 3 aliphatic heterocycles. The van der Waals surface area contributed by atoms with Gasteiger partial charge in [-0.2, -0.15) is 0 Å². The van der Waals surface area contributed by atoms with Gasteiger partial charge in [0.05, 0.1) is 145 Å². The molecule has 15 atom stereocenters. The highest BCUT2D eigenvalue weighted by molar-refractivity contribution is 5.79. The summed E-state index contributed by atoms with van der Waals surface area (Å²) < 4.78 is 135. The maximum atomic E-state index is 13.0. The minimum atomic E-state index is -1.50. The quantitative estimate of drug-likeness (QED) is 0.0160. The van der Waals surface area contributed by atoms with Crippen LogP contribution in [-0.2, 0) is 190 Å². The lowest BCUT2D eigenvalue weighted by atomic mass is 9.96. The van der Waals surface area contributed by atoms with Crippen molar-refractivity contribution < 1.29 is 190 Å². The van der Waals surface area contributed by atoms with Crippen LogP contribution in [0.3, 0.4) is 0 Å². The molecule has 123 heavy (non-hydrogen) atoms. The summed E-state index contributed by atoms with van der Waals surface area (Å²) in [6.07, 6.45) is -15.7. The smallest absolute Gasteiger partial charge is 0.303 e. The van der Waals surface area contributed by atoms with E-state index in [0.29, 0.717) is 0 Å². The highest BCUT2D eigenvalue weighted by atomic mass is 16.7. The van der Waals surface area contributed by atoms with Crippen LogP contribution in [0.4, 0.5) is 0 Å². The molecule has 9 N–H and O–H groups in total. The van der Waals surface area contributed by atoms with E-state index in [1.54, 1.807) is 0 Å². The fraction of sp³-hybridized carbons (Fsp3) is 0.787. The first-order valence-corrected chi connectivity index (χ1v) is 39.6. The third kappa shape index (κ3) is 47.0. The first-order chi connectivity index (χ1) is 58.5. The van der Waals surface area contributed by atoms with Crippen LogP contribution in [0, 0.1) is 0 Å². The van der Waals surface area contributed by atoms with Gasteiger partial charge in [0.15, 0.2) is 55.5 Å². The number of carbonyl (C=O) groups excluding carboxylic acids is 16. The first-order valence-electron chi connectivity index (χ1n) is 39.6. The number of nitrogens with two attached hydrogens (primary N) is 1. The number of nitrogens with one attached hydrogen (secondary N) is 7. The summed E-state index contributed by atoms with van der Waals surface area (Å²) in [6, 6.07) is -3.53. The van der Waals surface area contributed by atoms with Crippen molar-refractivity contribution in [2.45, 2.75) is 200 Å². The molecule has 702 valence electrons. The van der Waals surface area contributed by atoms with Crippen molar-refractivity contribution in [1.29, 1.82) is 0 Å². The summed E-state index contributed by atoms with van der Waals surface area (Å²) in [5.41, 5.74) is 4.24. The van der Waals surface area contributed by atoms with E-state index >= 15 is 0 Å². The van der Waals surface area contributed by atoms with Crippen LogP contribution in [-0.4, -0.2) is 377 Å². The Labute approximate surface area is 710 Å². The third-order valence-corrected chi connectivity index (χ3v) is 16.7. The molecule has 9 unspecified atom stereocenters. The Morgan fingerprint density at radius 1 is 0.285 bits per heavy atom. The van der Waals surface area contributed by atoms with Gasteiger partial charge >= 0.3 is 53.7 Å². The number of carbonyl (C=O) groups is 16. The van der Waals surface area contributed by atoms with Gasteiger partial charge in [0.2, 0.25) is 41.4 Å². The molecule has 7 amide bonds. The Balaban J connectivity index is 1.53. The molecule has 0 aromatic heterocycles. The fourth-order valence-corrected chi connectivity index (χ4v) is 11.9. The average Bonchev–Trinajstić information content (AvgIpc) is 0.796. The van der Waals surface area contributed by atoms with Crippen molar-refractivity contribution in [3.63, 3.8) is 0 Å². The zero-order chi connectivity index (χ0) is 91.2. The van der Waals surface area contributed by atoms with Gasteiger partial charge in [0.1, 0.15) is 61.8 Å². The van der Waals surface area contributed by atoms with Crippen LogP contribution in [0.15, 0.2) is 0 Å². The van der Waals surface area contributed by atoms with Crippen LogP contribution in [0.5, 0.6) is 0 Å². The highest BCUT2D eigenvalue weighted by Crippen LogP contribution is 2.32. The molecule has 0 aromatic carbocycles. The SMILES string of the molecule is CC(=O)NC1C(OC(C)=O)[C@@H](OC(C)=O)C(COC(C)=O)O[C@H]1OCCOCCOCCNC(=O)CCOCC(COCCC(=O)NCCOCCOCCO[C@@H]1OC(COC(C)=O)[C@H](OC(C)=O)C(OC(C)=O)C1NC(C)=O)(COCCC(=O)NCCOCCOCCO[C@@H]1OC(COC(C)=O)[C@H](OC(C)=O)C(OC(C)=O)C1NC(C)=O)NC(=O)CN. The zero-order valence-electron chi connectivity index (χ0n) is 71.5. The number of esters is 9. The van der Waals surface area contributed by atoms with Crippen LogP contribution in [0.25, 0.3) is 0 Å². The molecule has 0 radical (unpaired) electrons. The number of hydrogen-bond donors (Lipinski definition) is 8. The first kappa shape index (κ1) is 108. The van der Waals surface area contributed by atoms with Gasteiger partial charge in [0.25, 0.3) is 0 Å². The Morgan fingerprint density at radius 2 is 0.520 bits per heavy atom. The van der Waals surface area contributed by atoms with Crippen LogP contribution < -0.4 is 43.0 Å². The summed E-state index contributed by atoms with van der Waals surface area (Å²) in [5.74, 6) is -10.3. The maximum Gasteiger partial charge on any atom is 0.303 e. The summed E-state index contributed by atoms with van der Waals surface area (Å²) in [5, 5.41) is 18.7. The second-order valence-corrected chi connectivity index (χ2v) is 27.4. The van der Waals surface area contributed by atoms with Gasteiger partial charge in [-0.1, -0.05) is 0 Å². The number of amides is 7. The second kappa shape index (κ2) is 61.3. The minimum Gasteiger partial charge on any atom is -0.463 e. The van der Waals surface area contributed by atoms with Gasteiger partial charge in [0, 0.05) is 122 Å². The maximum absolute atomic E-state index is 13.0. The average molecular weight is 1780 g/mol. The Kier molecular flexibility index (Phi) is 53.8. The molecule has 0 saturated carbocycles. The molecule has 48 heteroatoms. The zero-order valence-corrected chi connectivity index (χ0v) is 71.5. The summed E-state index contributed by atoms with van der Waals surface area (Å²) >= 11 is 0. The number of hydrogen-bond acceptors (Lipinski definition) is 41. The van der Waals surface area contributed by atoms with E-state index in [0.717, 1.165) is 62.3 Å². The van der Waals surface area contributed by atoms with Crippen LogP contribution >= 0.6 is 0 Å². The molecular formula is C75H122N8O40. The van der Waals surface area contributed by atoms with Crippen molar-refractivity contribution in [3.05, 3.63) is 0 Å². The molecule has 3 fully saturated rings. The monoisotopic (exact) mass is 1770 g/mol. The highest BCUT2D eigenvalue weighted by Gasteiger charge is 2.54. The largest absolute Gasteiger partial charge is 0.463 e. The van der Waals surface area contributed by atoms with Gasteiger partial charge < -0.3 is 157 Å². The third-order valence-electron chi connectivity index (χ3n) is 16.7. The molecule has 3 heterocycles.